The largest absolute Gasteiger partial charge is 0.447 e. The van der Waals surface area contributed by atoms with Gasteiger partial charge in [0.05, 0.1) is 21.4 Å². The van der Waals surface area contributed by atoms with Crippen molar-refractivity contribution < 1.29 is 19.2 Å². The SMILES string of the molecule is Cc1ccc([C@@H]2Sc3cc(Cl)ccc3N(CCN(C)C)C(=O)C2OC(=O)c2ccc([N+](=O)[O-])cc2)cc1. The molecule has 0 aromatic heterocycles. The summed E-state index contributed by atoms with van der Waals surface area (Å²) in [6.45, 7) is 2.95. The van der Waals surface area contributed by atoms with Gasteiger partial charge in [-0.3, -0.25) is 14.9 Å². The van der Waals surface area contributed by atoms with E-state index in [1.54, 1.807) is 11.0 Å². The number of anilines is 1. The molecule has 0 aliphatic carbocycles. The van der Waals surface area contributed by atoms with E-state index in [1.165, 1.54) is 36.0 Å². The Bertz CT molecular complexity index is 1310. The van der Waals surface area contributed by atoms with Crippen LogP contribution in [-0.4, -0.2) is 55.0 Å². The topological polar surface area (TPSA) is 93.0 Å². The maximum Gasteiger partial charge on any atom is 0.338 e. The molecule has 0 fully saturated rings. The average Bonchev–Trinajstić information content (AvgIpc) is 2.97. The number of aryl methyl sites for hydroxylation is 1. The van der Waals surface area contributed by atoms with Crippen molar-refractivity contribution in [3.8, 4) is 0 Å². The van der Waals surface area contributed by atoms with E-state index in [2.05, 4.69) is 0 Å². The minimum atomic E-state index is -1.15. The predicted molar refractivity (Wildman–Crippen MR) is 144 cm³/mol. The Hall–Kier alpha value is -3.40. The van der Waals surface area contributed by atoms with Crippen molar-refractivity contribution in [3.63, 3.8) is 0 Å². The molecular formula is C27H26ClN3O5S. The number of carbonyl (C=O) groups excluding carboxylic acids is 2. The van der Waals surface area contributed by atoms with Crippen molar-refractivity contribution in [1.29, 1.82) is 0 Å². The average molecular weight is 540 g/mol. The predicted octanol–water partition coefficient (Wildman–Crippen LogP) is 5.52. The number of benzene rings is 3. The third kappa shape index (κ3) is 6.12. The molecule has 1 aliphatic rings. The van der Waals surface area contributed by atoms with Crippen molar-refractivity contribution in [3.05, 3.63) is 98.6 Å². The number of esters is 1. The lowest BCUT2D eigenvalue weighted by Gasteiger charge is -2.28. The summed E-state index contributed by atoms with van der Waals surface area (Å²) in [5, 5.41) is 11.0. The van der Waals surface area contributed by atoms with Crippen LogP contribution in [0.1, 0.15) is 26.7 Å². The van der Waals surface area contributed by atoms with Gasteiger partial charge >= 0.3 is 5.97 Å². The van der Waals surface area contributed by atoms with Crippen LogP contribution in [0.3, 0.4) is 0 Å². The second-order valence-corrected chi connectivity index (χ2v) is 10.6. The smallest absolute Gasteiger partial charge is 0.338 e. The third-order valence-corrected chi connectivity index (χ3v) is 7.56. The van der Waals surface area contributed by atoms with Crippen LogP contribution in [0.4, 0.5) is 11.4 Å². The molecule has 0 saturated heterocycles. The van der Waals surface area contributed by atoms with Gasteiger partial charge in [-0.05, 0) is 56.9 Å². The molecule has 3 aromatic rings. The molecule has 0 spiro atoms. The fourth-order valence-corrected chi connectivity index (χ4v) is 5.54. The molecule has 192 valence electrons. The van der Waals surface area contributed by atoms with Gasteiger partial charge < -0.3 is 14.5 Å². The molecule has 0 bridgehead atoms. The van der Waals surface area contributed by atoms with E-state index >= 15 is 0 Å². The van der Waals surface area contributed by atoms with E-state index in [-0.39, 0.29) is 17.2 Å². The first-order chi connectivity index (χ1) is 17.6. The van der Waals surface area contributed by atoms with Crippen LogP contribution in [0.15, 0.2) is 71.6 Å². The van der Waals surface area contributed by atoms with E-state index in [0.29, 0.717) is 23.8 Å². The Morgan fingerprint density at radius 3 is 2.41 bits per heavy atom. The molecule has 1 aliphatic heterocycles. The number of nitro groups is 1. The second kappa shape index (κ2) is 11.3. The maximum atomic E-state index is 14.1. The second-order valence-electron chi connectivity index (χ2n) is 8.98. The summed E-state index contributed by atoms with van der Waals surface area (Å²) in [7, 11) is 3.84. The molecule has 1 heterocycles. The van der Waals surface area contributed by atoms with Crippen molar-refractivity contribution in [2.24, 2.45) is 0 Å². The minimum absolute atomic E-state index is 0.121. The number of amides is 1. The molecular weight excluding hydrogens is 514 g/mol. The molecule has 0 radical (unpaired) electrons. The molecule has 37 heavy (non-hydrogen) atoms. The van der Waals surface area contributed by atoms with Gasteiger partial charge in [0.15, 0.2) is 6.10 Å². The molecule has 8 nitrogen and oxygen atoms in total. The monoisotopic (exact) mass is 539 g/mol. The number of halogens is 1. The summed E-state index contributed by atoms with van der Waals surface area (Å²) in [5.74, 6) is -1.08. The third-order valence-electron chi connectivity index (χ3n) is 5.98. The highest BCUT2D eigenvalue weighted by Gasteiger charge is 2.41. The molecule has 10 heteroatoms. The summed E-state index contributed by atoms with van der Waals surface area (Å²) in [4.78, 5) is 42.1. The van der Waals surface area contributed by atoms with Crippen LogP contribution in [0.25, 0.3) is 0 Å². The Morgan fingerprint density at radius 2 is 1.78 bits per heavy atom. The highest BCUT2D eigenvalue weighted by atomic mass is 35.5. The molecule has 2 atom stereocenters. The lowest BCUT2D eigenvalue weighted by atomic mass is 10.0. The molecule has 1 unspecified atom stereocenters. The fourth-order valence-electron chi connectivity index (χ4n) is 3.95. The van der Waals surface area contributed by atoms with E-state index in [1.807, 2.05) is 62.3 Å². The standard InChI is InChI=1S/C27H26ClN3O5S/c1-17-4-6-18(7-5-17)25-24(36-27(33)19-8-11-21(12-9-19)31(34)35)26(32)30(15-14-29(2)3)22-13-10-20(28)16-23(22)37-25/h4-13,16,24-25H,14-15H2,1-3H3/t24?,25-/m0/s1. The number of nitro benzene ring substituents is 1. The van der Waals surface area contributed by atoms with Gasteiger partial charge in [-0.2, -0.15) is 0 Å². The summed E-state index contributed by atoms with van der Waals surface area (Å²) in [6, 6.07) is 18.2. The molecule has 1 amide bonds. The Balaban J connectivity index is 1.76. The number of hydrogen-bond donors (Lipinski definition) is 0. The number of rotatable bonds is 7. The highest BCUT2D eigenvalue weighted by molar-refractivity contribution is 7.99. The van der Waals surface area contributed by atoms with Crippen molar-refractivity contribution in [2.75, 3.05) is 32.1 Å². The lowest BCUT2D eigenvalue weighted by Crippen LogP contribution is -2.45. The zero-order chi connectivity index (χ0) is 26.7. The summed E-state index contributed by atoms with van der Waals surface area (Å²) in [5.41, 5.74) is 2.57. The normalized spacial score (nSPS) is 17.3. The molecule has 4 rings (SSSR count). The number of fused-ring (bicyclic) bond motifs is 1. The number of thioether (sulfide) groups is 1. The summed E-state index contributed by atoms with van der Waals surface area (Å²) >= 11 is 7.75. The van der Waals surface area contributed by atoms with Gasteiger partial charge in [-0.25, -0.2) is 4.79 Å². The number of likely N-dealkylation sites (N-methyl/N-ethyl adjacent to an activating group) is 1. The molecule has 0 saturated carbocycles. The van der Waals surface area contributed by atoms with Crippen LogP contribution in [0.5, 0.6) is 0 Å². The first-order valence-corrected chi connectivity index (χ1v) is 12.8. The van der Waals surface area contributed by atoms with E-state index in [9.17, 15) is 19.7 Å². The molecule has 3 aromatic carbocycles. The Morgan fingerprint density at radius 1 is 1.11 bits per heavy atom. The zero-order valence-electron chi connectivity index (χ0n) is 20.6. The van der Waals surface area contributed by atoms with Crippen LogP contribution in [0, 0.1) is 17.0 Å². The van der Waals surface area contributed by atoms with Crippen LogP contribution < -0.4 is 4.90 Å². The van der Waals surface area contributed by atoms with Crippen molar-refractivity contribution in [1.82, 2.24) is 4.90 Å². The van der Waals surface area contributed by atoms with Crippen LogP contribution in [0.2, 0.25) is 5.02 Å². The first kappa shape index (κ1) is 26.7. The van der Waals surface area contributed by atoms with E-state index in [0.717, 1.165) is 16.0 Å². The van der Waals surface area contributed by atoms with Crippen molar-refractivity contribution in [2.45, 2.75) is 23.2 Å². The van der Waals surface area contributed by atoms with Crippen LogP contribution >= 0.6 is 23.4 Å². The number of ether oxygens (including phenoxy) is 1. The fraction of sp³-hybridized carbons (Fsp3) is 0.259. The van der Waals surface area contributed by atoms with Gasteiger partial charge in [0, 0.05) is 35.1 Å². The van der Waals surface area contributed by atoms with Gasteiger partial charge in [-0.1, -0.05) is 41.4 Å². The minimum Gasteiger partial charge on any atom is -0.447 e. The number of hydrogen-bond acceptors (Lipinski definition) is 7. The first-order valence-electron chi connectivity index (χ1n) is 11.6. The lowest BCUT2D eigenvalue weighted by molar-refractivity contribution is -0.384. The summed E-state index contributed by atoms with van der Waals surface area (Å²) < 4.78 is 5.90. The Kier molecular flexibility index (Phi) is 8.16. The quantitative estimate of drug-likeness (QED) is 0.221. The van der Waals surface area contributed by atoms with Gasteiger partial charge in [0.2, 0.25) is 0 Å². The van der Waals surface area contributed by atoms with Gasteiger partial charge in [0.1, 0.15) is 0 Å². The maximum absolute atomic E-state index is 14.1. The number of carbonyl (C=O) groups is 2. The Labute approximate surface area is 224 Å². The summed E-state index contributed by atoms with van der Waals surface area (Å²) in [6.07, 6.45) is -1.15. The highest BCUT2D eigenvalue weighted by Crippen LogP contribution is 2.47. The van der Waals surface area contributed by atoms with Gasteiger partial charge in [-0.15, -0.1) is 11.8 Å². The molecule has 0 N–H and O–H groups in total. The van der Waals surface area contributed by atoms with E-state index < -0.39 is 22.2 Å². The van der Waals surface area contributed by atoms with E-state index in [4.69, 9.17) is 16.3 Å². The van der Waals surface area contributed by atoms with Crippen LogP contribution in [-0.2, 0) is 9.53 Å². The van der Waals surface area contributed by atoms with Gasteiger partial charge in [0.25, 0.3) is 11.6 Å². The number of nitrogens with zero attached hydrogens (tertiary/aromatic N) is 3. The van der Waals surface area contributed by atoms with Crippen molar-refractivity contribution >= 4 is 46.6 Å². The number of non-ortho nitro benzene ring substituents is 1. The zero-order valence-corrected chi connectivity index (χ0v) is 22.2.